The Balaban J connectivity index is 1.99. The predicted octanol–water partition coefficient (Wildman–Crippen LogP) is 4.12. The van der Waals surface area contributed by atoms with E-state index >= 15 is 0 Å². The Morgan fingerprint density at radius 1 is 1.33 bits per heavy atom. The molecule has 18 heavy (non-hydrogen) atoms. The largest absolute Gasteiger partial charge is 0.481 e. The Morgan fingerprint density at radius 2 is 2.17 bits per heavy atom. The summed E-state index contributed by atoms with van der Waals surface area (Å²) in [6.07, 6.45) is 1.74. The molecule has 1 aromatic heterocycles. The van der Waals surface area contributed by atoms with Gasteiger partial charge in [0.25, 0.3) is 0 Å². The maximum Gasteiger partial charge on any atom is 0.213 e. The maximum atomic E-state index is 6.03. The Morgan fingerprint density at radius 3 is 2.78 bits per heavy atom. The fourth-order valence-corrected chi connectivity index (χ4v) is 1.91. The molecule has 5 heteroatoms. The van der Waals surface area contributed by atoms with Gasteiger partial charge in [-0.15, -0.1) is 0 Å². The van der Waals surface area contributed by atoms with Gasteiger partial charge in [-0.05, 0) is 39.7 Å². The number of nitrogens with one attached hydrogen (secondary N) is 1. The molecule has 2 aromatic rings. The van der Waals surface area contributed by atoms with Crippen LogP contribution >= 0.6 is 27.5 Å². The molecule has 0 aliphatic carbocycles. The molecule has 0 aliphatic heterocycles. The average Bonchev–Trinajstić information content (AvgIpc) is 2.41. The number of methoxy groups -OCH3 is 1. The zero-order valence-electron chi connectivity index (χ0n) is 9.78. The topological polar surface area (TPSA) is 34.1 Å². The first-order chi connectivity index (χ1) is 8.69. The van der Waals surface area contributed by atoms with E-state index in [0.29, 0.717) is 17.4 Å². The van der Waals surface area contributed by atoms with Crippen molar-refractivity contribution in [3.05, 3.63) is 51.6 Å². The van der Waals surface area contributed by atoms with Crippen LogP contribution in [0.1, 0.15) is 5.56 Å². The van der Waals surface area contributed by atoms with Crippen molar-refractivity contribution in [2.45, 2.75) is 6.54 Å². The van der Waals surface area contributed by atoms with Crippen LogP contribution in [0.3, 0.4) is 0 Å². The van der Waals surface area contributed by atoms with Gasteiger partial charge >= 0.3 is 0 Å². The van der Waals surface area contributed by atoms with Crippen LogP contribution in [0.4, 0.5) is 5.69 Å². The van der Waals surface area contributed by atoms with E-state index in [1.54, 1.807) is 13.3 Å². The van der Waals surface area contributed by atoms with Gasteiger partial charge in [-0.3, -0.25) is 0 Å². The van der Waals surface area contributed by atoms with E-state index < -0.39 is 0 Å². The monoisotopic (exact) mass is 326 g/mol. The normalized spacial score (nSPS) is 10.2. The van der Waals surface area contributed by atoms with Crippen molar-refractivity contribution >= 4 is 33.2 Å². The highest BCUT2D eigenvalue weighted by Crippen LogP contribution is 2.23. The van der Waals surface area contributed by atoms with E-state index in [1.165, 1.54) is 0 Å². The van der Waals surface area contributed by atoms with Crippen LogP contribution in [0, 0.1) is 0 Å². The van der Waals surface area contributed by atoms with Crippen molar-refractivity contribution in [2.75, 3.05) is 12.4 Å². The SMILES string of the molecule is COc1ccc(NCc2ccc(Br)c(Cl)c2)cn1. The fourth-order valence-electron chi connectivity index (χ4n) is 1.46. The molecular formula is C13H12BrClN2O. The van der Waals surface area contributed by atoms with E-state index in [4.69, 9.17) is 16.3 Å². The molecule has 0 atom stereocenters. The van der Waals surface area contributed by atoms with Crippen LogP contribution in [-0.4, -0.2) is 12.1 Å². The minimum Gasteiger partial charge on any atom is -0.481 e. The second-order valence-corrected chi connectivity index (χ2v) is 4.95. The summed E-state index contributed by atoms with van der Waals surface area (Å²) >= 11 is 9.40. The number of ether oxygens (including phenoxy) is 1. The number of anilines is 1. The molecule has 0 radical (unpaired) electrons. The lowest BCUT2D eigenvalue weighted by Gasteiger charge is -2.07. The van der Waals surface area contributed by atoms with Gasteiger partial charge in [-0.2, -0.15) is 0 Å². The van der Waals surface area contributed by atoms with Gasteiger partial charge in [0.05, 0.1) is 24.0 Å². The number of rotatable bonds is 4. The summed E-state index contributed by atoms with van der Waals surface area (Å²) in [5.74, 6) is 0.604. The lowest BCUT2D eigenvalue weighted by Crippen LogP contribution is -2.00. The molecular weight excluding hydrogens is 316 g/mol. The highest BCUT2D eigenvalue weighted by molar-refractivity contribution is 9.10. The standard InChI is InChI=1S/C13H12BrClN2O/c1-18-13-5-3-10(8-17-13)16-7-9-2-4-11(14)12(15)6-9/h2-6,8,16H,7H2,1H3. The third kappa shape index (κ3) is 3.37. The van der Waals surface area contributed by atoms with E-state index in [9.17, 15) is 0 Å². The van der Waals surface area contributed by atoms with Crippen molar-refractivity contribution in [1.82, 2.24) is 4.98 Å². The molecule has 0 aliphatic rings. The summed E-state index contributed by atoms with van der Waals surface area (Å²) in [7, 11) is 1.60. The van der Waals surface area contributed by atoms with Gasteiger partial charge in [0.1, 0.15) is 0 Å². The van der Waals surface area contributed by atoms with Crippen molar-refractivity contribution in [3.63, 3.8) is 0 Å². The van der Waals surface area contributed by atoms with Crippen LogP contribution in [0.5, 0.6) is 5.88 Å². The van der Waals surface area contributed by atoms with Crippen LogP contribution in [0.2, 0.25) is 5.02 Å². The molecule has 0 fully saturated rings. The van der Waals surface area contributed by atoms with Gasteiger partial charge in [-0.25, -0.2) is 4.98 Å². The summed E-state index contributed by atoms with van der Waals surface area (Å²) in [4.78, 5) is 4.12. The van der Waals surface area contributed by atoms with Crippen LogP contribution < -0.4 is 10.1 Å². The zero-order chi connectivity index (χ0) is 13.0. The maximum absolute atomic E-state index is 6.03. The third-order valence-corrected chi connectivity index (χ3v) is 3.66. The predicted molar refractivity (Wildman–Crippen MR) is 77.3 cm³/mol. The van der Waals surface area contributed by atoms with E-state index in [1.807, 2.05) is 30.3 Å². The average molecular weight is 328 g/mol. The molecule has 2 rings (SSSR count). The van der Waals surface area contributed by atoms with E-state index in [2.05, 4.69) is 26.2 Å². The van der Waals surface area contributed by atoms with Crippen LogP contribution in [0.15, 0.2) is 41.0 Å². The molecule has 0 spiro atoms. The van der Waals surface area contributed by atoms with Crippen molar-refractivity contribution < 1.29 is 4.74 Å². The van der Waals surface area contributed by atoms with Gasteiger partial charge in [-0.1, -0.05) is 17.7 Å². The van der Waals surface area contributed by atoms with E-state index in [-0.39, 0.29) is 0 Å². The Kier molecular flexibility index (Phi) is 4.44. The van der Waals surface area contributed by atoms with Gasteiger partial charge in [0.2, 0.25) is 5.88 Å². The summed E-state index contributed by atoms with van der Waals surface area (Å²) in [6, 6.07) is 9.62. The Bertz CT molecular complexity index is 531. The first-order valence-electron chi connectivity index (χ1n) is 5.37. The van der Waals surface area contributed by atoms with Crippen molar-refractivity contribution in [2.24, 2.45) is 0 Å². The molecule has 1 N–H and O–H groups in total. The number of halogens is 2. The second kappa shape index (κ2) is 6.07. The first-order valence-corrected chi connectivity index (χ1v) is 6.54. The van der Waals surface area contributed by atoms with Gasteiger partial charge in [0.15, 0.2) is 0 Å². The molecule has 0 bridgehead atoms. The highest BCUT2D eigenvalue weighted by atomic mass is 79.9. The molecule has 94 valence electrons. The Hall–Kier alpha value is -1.26. The molecule has 1 heterocycles. The van der Waals surface area contributed by atoms with Crippen molar-refractivity contribution in [3.8, 4) is 5.88 Å². The summed E-state index contributed by atoms with van der Waals surface area (Å²) < 4.78 is 5.90. The quantitative estimate of drug-likeness (QED) is 0.917. The first kappa shape index (κ1) is 13.2. The molecule has 1 aromatic carbocycles. The number of aromatic nitrogens is 1. The second-order valence-electron chi connectivity index (χ2n) is 3.69. The summed E-state index contributed by atoms with van der Waals surface area (Å²) in [5, 5.41) is 3.98. The molecule has 0 saturated carbocycles. The number of benzene rings is 1. The van der Waals surface area contributed by atoms with Gasteiger partial charge in [0, 0.05) is 17.1 Å². The highest BCUT2D eigenvalue weighted by Gasteiger charge is 2.00. The van der Waals surface area contributed by atoms with Crippen LogP contribution in [0.25, 0.3) is 0 Å². The Labute approximate surface area is 119 Å². The number of hydrogen-bond donors (Lipinski definition) is 1. The lowest BCUT2D eigenvalue weighted by molar-refractivity contribution is 0.398. The number of hydrogen-bond acceptors (Lipinski definition) is 3. The van der Waals surface area contributed by atoms with Crippen LogP contribution in [-0.2, 0) is 6.54 Å². The molecule has 0 unspecified atom stereocenters. The molecule has 0 saturated heterocycles. The summed E-state index contributed by atoms with van der Waals surface area (Å²) in [5.41, 5.74) is 2.05. The molecule has 3 nitrogen and oxygen atoms in total. The van der Waals surface area contributed by atoms with Gasteiger partial charge < -0.3 is 10.1 Å². The number of pyridine rings is 1. The van der Waals surface area contributed by atoms with Crippen molar-refractivity contribution in [1.29, 1.82) is 0 Å². The minimum atomic E-state index is 0.604. The zero-order valence-corrected chi connectivity index (χ0v) is 12.1. The fraction of sp³-hybridized carbons (Fsp3) is 0.154. The van der Waals surface area contributed by atoms with E-state index in [0.717, 1.165) is 15.7 Å². The lowest BCUT2D eigenvalue weighted by atomic mass is 10.2. The number of nitrogens with zero attached hydrogens (tertiary/aromatic N) is 1. The molecule has 0 amide bonds. The minimum absolute atomic E-state index is 0.604. The third-order valence-electron chi connectivity index (χ3n) is 2.43. The smallest absolute Gasteiger partial charge is 0.213 e. The summed E-state index contributed by atoms with van der Waals surface area (Å²) in [6.45, 7) is 0.695.